The average Bonchev–Trinajstić information content (AvgIpc) is 2.93. The van der Waals surface area contributed by atoms with E-state index in [-0.39, 0.29) is 31.3 Å². The van der Waals surface area contributed by atoms with Crippen molar-refractivity contribution in [1.82, 2.24) is 0 Å². The van der Waals surface area contributed by atoms with Crippen molar-refractivity contribution in [1.29, 1.82) is 0 Å². The van der Waals surface area contributed by atoms with Gasteiger partial charge in [0, 0.05) is 23.3 Å². The first-order valence-corrected chi connectivity index (χ1v) is 10.2. The second-order valence-corrected chi connectivity index (χ2v) is 7.74. The van der Waals surface area contributed by atoms with Gasteiger partial charge in [0.2, 0.25) is 0 Å². The molecular formula is C22H28ClO6-. The number of rotatable bonds is 11. The minimum Gasteiger partial charge on any atom is -0.550 e. The van der Waals surface area contributed by atoms with Gasteiger partial charge in [0.1, 0.15) is 18.5 Å². The summed E-state index contributed by atoms with van der Waals surface area (Å²) in [6, 6.07) is 6.89. The summed E-state index contributed by atoms with van der Waals surface area (Å²) in [7, 11) is 0. The van der Waals surface area contributed by atoms with Crippen LogP contribution in [0.5, 0.6) is 5.75 Å². The highest BCUT2D eigenvalue weighted by molar-refractivity contribution is 6.30. The number of benzene rings is 1. The molecule has 1 unspecified atom stereocenters. The molecule has 1 aromatic carbocycles. The van der Waals surface area contributed by atoms with Crippen LogP contribution in [0.1, 0.15) is 32.1 Å². The molecule has 5 atom stereocenters. The van der Waals surface area contributed by atoms with Gasteiger partial charge in [-0.1, -0.05) is 42.0 Å². The lowest BCUT2D eigenvalue weighted by Gasteiger charge is -2.19. The van der Waals surface area contributed by atoms with Crippen LogP contribution in [0.4, 0.5) is 0 Å². The molecule has 0 bridgehead atoms. The quantitative estimate of drug-likeness (QED) is 0.370. The Morgan fingerprint density at radius 2 is 2.10 bits per heavy atom. The summed E-state index contributed by atoms with van der Waals surface area (Å²) in [6.45, 7) is 0.0468. The van der Waals surface area contributed by atoms with Gasteiger partial charge in [0.25, 0.3) is 0 Å². The van der Waals surface area contributed by atoms with Crippen LogP contribution in [-0.2, 0) is 4.79 Å². The van der Waals surface area contributed by atoms with E-state index in [9.17, 15) is 25.2 Å². The number of hydrogen-bond acceptors (Lipinski definition) is 6. The first-order valence-electron chi connectivity index (χ1n) is 9.82. The van der Waals surface area contributed by atoms with Crippen molar-refractivity contribution in [3.05, 3.63) is 53.6 Å². The van der Waals surface area contributed by atoms with Gasteiger partial charge in [0.15, 0.2) is 0 Å². The molecule has 1 saturated carbocycles. The molecule has 0 aliphatic heterocycles. The number of halogens is 1. The molecule has 6 nitrogen and oxygen atoms in total. The Bertz CT molecular complexity index is 704. The molecule has 1 aromatic rings. The molecule has 0 saturated heterocycles. The number of carbonyl (C=O) groups is 1. The van der Waals surface area contributed by atoms with E-state index in [4.69, 9.17) is 16.3 Å². The molecule has 0 heterocycles. The van der Waals surface area contributed by atoms with Crippen molar-refractivity contribution in [2.24, 2.45) is 11.8 Å². The van der Waals surface area contributed by atoms with Crippen molar-refractivity contribution >= 4 is 17.6 Å². The first kappa shape index (κ1) is 23.4. The van der Waals surface area contributed by atoms with Crippen LogP contribution in [0.25, 0.3) is 0 Å². The van der Waals surface area contributed by atoms with Crippen molar-refractivity contribution in [2.45, 2.75) is 50.4 Å². The van der Waals surface area contributed by atoms with E-state index in [0.717, 1.165) is 0 Å². The predicted molar refractivity (Wildman–Crippen MR) is 108 cm³/mol. The maximum atomic E-state index is 10.4. The second-order valence-electron chi connectivity index (χ2n) is 7.30. The van der Waals surface area contributed by atoms with Crippen LogP contribution >= 0.6 is 11.6 Å². The lowest BCUT2D eigenvalue weighted by Crippen LogP contribution is -2.21. The Morgan fingerprint density at radius 1 is 1.31 bits per heavy atom. The molecule has 1 aliphatic carbocycles. The summed E-state index contributed by atoms with van der Waals surface area (Å²) in [5, 5.41) is 41.6. The van der Waals surface area contributed by atoms with Crippen molar-refractivity contribution < 1.29 is 30.0 Å². The summed E-state index contributed by atoms with van der Waals surface area (Å²) in [5.41, 5.74) is 0. The van der Waals surface area contributed by atoms with Gasteiger partial charge in [-0.15, -0.1) is 0 Å². The fourth-order valence-electron chi connectivity index (χ4n) is 3.49. The topological polar surface area (TPSA) is 110 Å². The second kappa shape index (κ2) is 12.0. The summed E-state index contributed by atoms with van der Waals surface area (Å²) < 4.78 is 5.50. The Hall–Kier alpha value is -1.86. The number of ether oxygens (including phenoxy) is 1. The number of hydrogen-bond donors (Lipinski definition) is 3. The lowest BCUT2D eigenvalue weighted by atomic mass is 9.89. The van der Waals surface area contributed by atoms with Gasteiger partial charge < -0.3 is 30.0 Å². The van der Waals surface area contributed by atoms with E-state index in [1.165, 1.54) is 0 Å². The van der Waals surface area contributed by atoms with Crippen molar-refractivity contribution in [2.75, 3.05) is 6.61 Å². The highest BCUT2D eigenvalue weighted by Crippen LogP contribution is 2.36. The third-order valence-corrected chi connectivity index (χ3v) is 5.25. The van der Waals surface area contributed by atoms with Gasteiger partial charge >= 0.3 is 0 Å². The lowest BCUT2D eigenvalue weighted by molar-refractivity contribution is -0.305. The highest BCUT2D eigenvalue weighted by atomic mass is 35.5. The Kier molecular flexibility index (Phi) is 9.67. The van der Waals surface area contributed by atoms with Crippen LogP contribution < -0.4 is 9.84 Å². The minimum atomic E-state index is -1.06. The van der Waals surface area contributed by atoms with Gasteiger partial charge in [-0.25, -0.2) is 0 Å². The van der Waals surface area contributed by atoms with Gasteiger partial charge in [0.05, 0.1) is 12.2 Å². The minimum absolute atomic E-state index is 0.0234. The molecule has 0 radical (unpaired) electrons. The fourth-order valence-corrected chi connectivity index (χ4v) is 3.67. The number of unbranched alkanes of at least 4 members (excludes halogenated alkanes) is 1. The smallest absolute Gasteiger partial charge is 0.120 e. The highest BCUT2D eigenvalue weighted by Gasteiger charge is 2.39. The first-order chi connectivity index (χ1) is 13.9. The molecule has 0 spiro atoms. The normalized spacial score (nSPS) is 25.7. The molecule has 160 valence electrons. The number of aliphatic hydroxyl groups is 3. The van der Waals surface area contributed by atoms with E-state index >= 15 is 0 Å². The monoisotopic (exact) mass is 423 g/mol. The Labute approximate surface area is 176 Å². The number of carboxylic acids is 1. The number of aliphatic carboxylic acids is 1. The van der Waals surface area contributed by atoms with E-state index in [0.29, 0.717) is 30.0 Å². The average molecular weight is 424 g/mol. The molecule has 1 aliphatic rings. The number of carboxylic acid groups (broad SMARTS) is 1. The maximum absolute atomic E-state index is 10.4. The molecule has 29 heavy (non-hydrogen) atoms. The number of aliphatic hydroxyl groups excluding tert-OH is 3. The van der Waals surface area contributed by atoms with Gasteiger partial charge in [-0.2, -0.15) is 0 Å². The zero-order valence-corrected chi connectivity index (χ0v) is 16.9. The Balaban J connectivity index is 1.83. The molecule has 2 rings (SSSR count). The van der Waals surface area contributed by atoms with Gasteiger partial charge in [-0.3, -0.25) is 0 Å². The van der Waals surface area contributed by atoms with E-state index in [1.54, 1.807) is 36.4 Å². The molecule has 0 aromatic heterocycles. The zero-order chi connectivity index (χ0) is 21.2. The van der Waals surface area contributed by atoms with Crippen LogP contribution in [-0.4, -0.2) is 46.2 Å². The SMILES string of the molecule is O=C([O-])CCC/C=C\CC1[C@@H](/C=C/[C@@H](O)COc2cccc(Cl)c2)[C@H](O)C[C@@H]1O. The number of allylic oxidation sites excluding steroid dienone is 2. The fraction of sp³-hybridized carbons (Fsp3) is 0.500. The van der Waals surface area contributed by atoms with Crippen molar-refractivity contribution in [3.63, 3.8) is 0 Å². The molecule has 0 amide bonds. The summed E-state index contributed by atoms with van der Waals surface area (Å²) >= 11 is 5.89. The van der Waals surface area contributed by atoms with E-state index in [1.807, 2.05) is 12.2 Å². The molecule has 1 fully saturated rings. The number of carbonyl (C=O) groups excluding carboxylic acids is 1. The van der Waals surface area contributed by atoms with Crippen LogP contribution in [0.2, 0.25) is 5.02 Å². The predicted octanol–water partition coefficient (Wildman–Crippen LogP) is 1.86. The molecular weight excluding hydrogens is 396 g/mol. The van der Waals surface area contributed by atoms with Crippen LogP contribution in [0, 0.1) is 11.8 Å². The maximum Gasteiger partial charge on any atom is 0.120 e. The summed E-state index contributed by atoms with van der Waals surface area (Å²) in [6.07, 6.45) is 6.93. The van der Waals surface area contributed by atoms with Gasteiger partial charge in [-0.05, 0) is 49.8 Å². The standard InChI is InChI=1S/C22H29ClO6/c23-15-6-5-7-17(12-15)29-14-16(24)10-11-19-18(20(25)13-21(19)26)8-3-1-2-4-9-22(27)28/h1,3,5-7,10-12,16,18-21,24-26H,2,4,8-9,13-14H2,(H,27,28)/p-1/b3-1-,11-10+/t16-,18?,19-,20+,21-/m1/s1. The summed E-state index contributed by atoms with van der Waals surface area (Å²) in [5.74, 6) is -0.947. The third kappa shape index (κ3) is 8.19. The van der Waals surface area contributed by atoms with Crippen LogP contribution in [0.15, 0.2) is 48.6 Å². The molecule has 3 N–H and O–H groups in total. The molecule has 7 heteroatoms. The van der Waals surface area contributed by atoms with E-state index in [2.05, 4.69) is 0 Å². The van der Waals surface area contributed by atoms with E-state index < -0.39 is 24.3 Å². The van der Waals surface area contributed by atoms with Crippen molar-refractivity contribution in [3.8, 4) is 5.75 Å². The van der Waals surface area contributed by atoms with Crippen LogP contribution in [0.3, 0.4) is 0 Å². The largest absolute Gasteiger partial charge is 0.550 e. The summed E-state index contributed by atoms with van der Waals surface area (Å²) in [4.78, 5) is 10.4. The zero-order valence-electron chi connectivity index (χ0n) is 16.2. The third-order valence-electron chi connectivity index (χ3n) is 5.01. The Morgan fingerprint density at radius 3 is 2.83 bits per heavy atom.